The van der Waals surface area contributed by atoms with E-state index in [1.807, 2.05) is 6.07 Å². The number of nitrogens with two attached hydrogens (primary N) is 1. The smallest absolute Gasteiger partial charge is 0.144 e. The molecule has 0 radical (unpaired) electrons. The first-order valence-corrected chi connectivity index (χ1v) is 6.46. The molecule has 0 aliphatic carbocycles. The minimum Gasteiger partial charge on any atom is -0.308 e. The maximum absolute atomic E-state index is 5.47. The fourth-order valence-corrected chi connectivity index (χ4v) is 2.49. The number of nitrogens with zero attached hydrogens (tertiary/aromatic N) is 2. The van der Waals surface area contributed by atoms with Crippen molar-refractivity contribution >= 4 is 5.82 Å². The summed E-state index contributed by atoms with van der Waals surface area (Å²) in [4.78, 5) is 6.72. The fourth-order valence-electron chi connectivity index (χ4n) is 2.49. The van der Waals surface area contributed by atoms with E-state index in [0.717, 1.165) is 18.3 Å². The molecular formula is C13H22N4. The number of rotatable bonds is 4. The lowest BCUT2D eigenvalue weighted by molar-refractivity contribution is 0.175. The van der Waals surface area contributed by atoms with E-state index in [0.29, 0.717) is 0 Å². The zero-order valence-electron chi connectivity index (χ0n) is 10.5. The monoisotopic (exact) mass is 234 g/mol. The van der Waals surface area contributed by atoms with E-state index in [9.17, 15) is 0 Å². The highest BCUT2D eigenvalue weighted by molar-refractivity contribution is 5.42. The Morgan fingerprint density at radius 2 is 2.24 bits per heavy atom. The van der Waals surface area contributed by atoms with Crippen molar-refractivity contribution in [1.82, 2.24) is 9.88 Å². The standard InChI is InChI=1S/C13H22N4/c1-2-11-5-8-17(9-6-11)10-12-4-3-7-15-13(12)16-14/h3-4,7,11H,2,5-6,8-10,14H2,1H3,(H,15,16). The molecule has 2 rings (SSSR count). The maximum Gasteiger partial charge on any atom is 0.144 e. The van der Waals surface area contributed by atoms with Gasteiger partial charge in [0.1, 0.15) is 5.82 Å². The molecule has 4 nitrogen and oxygen atoms in total. The highest BCUT2D eigenvalue weighted by Crippen LogP contribution is 2.22. The number of aromatic nitrogens is 1. The molecule has 0 unspecified atom stereocenters. The van der Waals surface area contributed by atoms with Crippen LogP contribution in [0.5, 0.6) is 0 Å². The molecular weight excluding hydrogens is 212 g/mol. The molecule has 1 aliphatic heterocycles. The van der Waals surface area contributed by atoms with Crippen LogP contribution in [0.3, 0.4) is 0 Å². The van der Waals surface area contributed by atoms with E-state index >= 15 is 0 Å². The van der Waals surface area contributed by atoms with Gasteiger partial charge in [-0.25, -0.2) is 10.8 Å². The van der Waals surface area contributed by atoms with Gasteiger partial charge in [-0.05, 0) is 37.9 Å². The Balaban J connectivity index is 1.93. The Morgan fingerprint density at radius 3 is 2.88 bits per heavy atom. The highest BCUT2D eigenvalue weighted by atomic mass is 15.3. The second-order valence-corrected chi connectivity index (χ2v) is 4.78. The van der Waals surface area contributed by atoms with Gasteiger partial charge >= 0.3 is 0 Å². The third-order valence-electron chi connectivity index (χ3n) is 3.71. The molecule has 1 saturated heterocycles. The van der Waals surface area contributed by atoms with Crippen LogP contribution in [0.4, 0.5) is 5.82 Å². The Hall–Kier alpha value is -1.13. The van der Waals surface area contributed by atoms with Crippen LogP contribution in [-0.2, 0) is 6.54 Å². The van der Waals surface area contributed by atoms with Gasteiger partial charge in [0.15, 0.2) is 0 Å². The zero-order valence-corrected chi connectivity index (χ0v) is 10.5. The van der Waals surface area contributed by atoms with Crippen LogP contribution in [0.15, 0.2) is 18.3 Å². The average molecular weight is 234 g/mol. The van der Waals surface area contributed by atoms with Gasteiger partial charge < -0.3 is 5.43 Å². The fraction of sp³-hybridized carbons (Fsp3) is 0.615. The summed E-state index contributed by atoms with van der Waals surface area (Å²) >= 11 is 0. The predicted molar refractivity (Wildman–Crippen MR) is 70.3 cm³/mol. The number of anilines is 1. The largest absolute Gasteiger partial charge is 0.308 e. The molecule has 0 saturated carbocycles. The van der Waals surface area contributed by atoms with Gasteiger partial charge in [0.25, 0.3) is 0 Å². The summed E-state index contributed by atoms with van der Waals surface area (Å²) in [5.74, 6) is 7.19. The van der Waals surface area contributed by atoms with E-state index in [1.54, 1.807) is 6.20 Å². The van der Waals surface area contributed by atoms with E-state index in [4.69, 9.17) is 5.84 Å². The third-order valence-corrected chi connectivity index (χ3v) is 3.71. The molecule has 2 heterocycles. The van der Waals surface area contributed by atoms with Crippen LogP contribution < -0.4 is 11.3 Å². The molecule has 0 bridgehead atoms. The van der Waals surface area contributed by atoms with Gasteiger partial charge in [-0.2, -0.15) is 0 Å². The van der Waals surface area contributed by atoms with Crippen LogP contribution in [0.1, 0.15) is 31.7 Å². The Kier molecular flexibility index (Phi) is 4.34. The maximum atomic E-state index is 5.47. The molecule has 1 aliphatic rings. The van der Waals surface area contributed by atoms with Gasteiger partial charge in [0, 0.05) is 18.3 Å². The highest BCUT2D eigenvalue weighted by Gasteiger charge is 2.18. The summed E-state index contributed by atoms with van der Waals surface area (Å²) in [5.41, 5.74) is 3.85. The van der Waals surface area contributed by atoms with Gasteiger partial charge in [-0.1, -0.05) is 19.4 Å². The van der Waals surface area contributed by atoms with Gasteiger partial charge in [-0.3, -0.25) is 4.90 Å². The van der Waals surface area contributed by atoms with Crippen LogP contribution in [0, 0.1) is 5.92 Å². The molecule has 17 heavy (non-hydrogen) atoms. The molecule has 94 valence electrons. The third kappa shape index (κ3) is 3.17. The van der Waals surface area contributed by atoms with Crippen molar-refractivity contribution < 1.29 is 0 Å². The molecule has 0 aromatic carbocycles. The molecule has 0 spiro atoms. The second-order valence-electron chi connectivity index (χ2n) is 4.78. The molecule has 1 aromatic heterocycles. The number of hydrogen-bond acceptors (Lipinski definition) is 4. The molecule has 0 atom stereocenters. The number of hydrogen-bond donors (Lipinski definition) is 2. The SMILES string of the molecule is CCC1CCN(Cc2cccnc2NN)CC1. The number of piperidine rings is 1. The molecule has 0 amide bonds. The predicted octanol–water partition coefficient (Wildman–Crippen LogP) is 1.99. The van der Waals surface area contributed by atoms with Crippen molar-refractivity contribution in [2.75, 3.05) is 18.5 Å². The van der Waals surface area contributed by atoms with E-state index in [2.05, 4.69) is 28.3 Å². The van der Waals surface area contributed by atoms with E-state index in [1.165, 1.54) is 37.9 Å². The summed E-state index contributed by atoms with van der Waals surface area (Å²) in [7, 11) is 0. The Morgan fingerprint density at radius 1 is 1.47 bits per heavy atom. The Labute approximate surface area is 103 Å². The summed E-state index contributed by atoms with van der Waals surface area (Å²) in [5, 5.41) is 0. The quantitative estimate of drug-likeness (QED) is 0.618. The lowest BCUT2D eigenvalue weighted by atomic mass is 9.94. The number of hydrazine groups is 1. The Bertz CT molecular complexity index is 345. The number of likely N-dealkylation sites (tertiary alicyclic amines) is 1. The van der Waals surface area contributed by atoms with Crippen molar-refractivity contribution in [3.63, 3.8) is 0 Å². The summed E-state index contributed by atoms with van der Waals surface area (Å²) in [6.07, 6.45) is 5.72. The number of nitrogens with one attached hydrogen (secondary N) is 1. The normalized spacial score (nSPS) is 18.2. The van der Waals surface area contributed by atoms with Gasteiger partial charge in [-0.15, -0.1) is 0 Å². The topological polar surface area (TPSA) is 54.2 Å². The number of nitrogen functional groups attached to an aromatic ring is 1. The van der Waals surface area contributed by atoms with Crippen molar-refractivity contribution in [2.24, 2.45) is 11.8 Å². The summed E-state index contributed by atoms with van der Waals surface area (Å²) < 4.78 is 0. The first kappa shape index (κ1) is 12.3. The van der Waals surface area contributed by atoms with Crippen molar-refractivity contribution in [3.05, 3.63) is 23.9 Å². The molecule has 1 aromatic rings. The first-order valence-electron chi connectivity index (χ1n) is 6.46. The van der Waals surface area contributed by atoms with Crippen LogP contribution in [0.25, 0.3) is 0 Å². The summed E-state index contributed by atoms with van der Waals surface area (Å²) in [6.45, 7) is 5.62. The minimum absolute atomic E-state index is 0.796. The van der Waals surface area contributed by atoms with Gasteiger partial charge in [0.05, 0.1) is 0 Å². The van der Waals surface area contributed by atoms with Crippen LogP contribution >= 0.6 is 0 Å². The summed E-state index contributed by atoms with van der Waals surface area (Å²) in [6, 6.07) is 4.06. The van der Waals surface area contributed by atoms with Crippen LogP contribution in [0.2, 0.25) is 0 Å². The second kappa shape index (κ2) is 5.98. The molecule has 4 heteroatoms. The van der Waals surface area contributed by atoms with Gasteiger partial charge in [0.2, 0.25) is 0 Å². The first-order chi connectivity index (χ1) is 8.33. The van der Waals surface area contributed by atoms with E-state index in [-0.39, 0.29) is 0 Å². The van der Waals surface area contributed by atoms with E-state index < -0.39 is 0 Å². The zero-order chi connectivity index (χ0) is 12.1. The lowest BCUT2D eigenvalue weighted by Gasteiger charge is -2.31. The number of pyridine rings is 1. The average Bonchev–Trinajstić information content (AvgIpc) is 2.40. The van der Waals surface area contributed by atoms with Crippen molar-refractivity contribution in [2.45, 2.75) is 32.7 Å². The molecule has 1 fully saturated rings. The lowest BCUT2D eigenvalue weighted by Crippen LogP contribution is -2.33. The van der Waals surface area contributed by atoms with Crippen molar-refractivity contribution in [1.29, 1.82) is 0 Å². The van der Waals surface area contributed by atoms with Crippen molar-refractivity contribution in [3.8, 4) is 0 Å². The van der Waals surface area contributed by atoms with Crippen LogP contribution in [-0.4, -0.2) is 23.0 Å². The molecule has 3 N–H and O–H groups in total. The minimum atomic E-state index is 0.796.